The molecule has 4 rings (SSSR count). The molecule has 0 radical (unpaired) electrons. The van der Waals surface area contributed by atoms with Crippen molar-refractivity contribution in [1.82, 2.24) is 20.2 Å². The first-order valence-electron chi connectivity index (χ1n) is 10.5. The van der Waals surface area contributed by atoms with Crippen molar-refractivity contribution < 1.29 is 0 Å². The fourth-order valence-corrected chi connectivity index (χ4v) is 4.66. The Hall–Kier alpha value is -2.07. The van der Waals surface area contributed by atoms with Gasteiger partial charge in [-0.2, -0.15) is 0 Å². The molecule has 1 aliphatic rings. The number of thiophene rings is 1. The summed E-state index contributed by atoms with van der Waals surface area (Å²) in [5.41, 5.74) is 2.53. The minimum Gasteiger partial charge on any atom is -0.363 e. The average molecular weight is 551 g/mol. The third-order valence-electron chi connectivity index (χ3n) is 5.61. The summed E-state index contributed by atoms with van der Waals surface area (Å²) >= 11 is 1.82. The Balaban J connectivity index is 0.00000272. The Bertz CT molecular complexity index is 960. The van der Waals surface area contributed by atoms with E-state index in [9.17, 15) is 0 Å². The number of rotatable bonds is 6. The lowest BCUT2D eigenvalue weighted by Crippen LogP contribution is -2.48. The second-order valence-corrected chi connectivity index (χ2v) is 8.63. The minimum absolute atomic E-state index is 0. The molecule has 1 saturated heterocycles. The van der Waals surface area contributed by atoms with E-state index in [-0.39, 0.29) is 24.0 Å². The Labute approximate surface area is 205 Å². The van der Waals surface area contributed by atoms with Crippen molar-refractivity contribution in [3.8, 4) is 0 Å². The van der Waals surface area contributed by atoms with Crippen LogP contribution in [0.4, 0.5) is 5.00 Å². The number of hydrogen-bond acceptors (Lipinski definition) is 4. The van der Waals surface area contributed by atoms with E-state index in [0.29, 0.717) is 6.04 Å². The predicted molar refractivity (Wildman–Crippen MR) is 141 cm³/mol. The van der Waals surface area contributed by atoms with Crippen LogP contribution in [-0.4, -0.2) is 41.7 Å². The zero-order chi connectivity index (χ0) is 20.8. The molecule has 0 aliphatic carbocycles. The van der Waals surface area contributed by atoms with Gasteiger partial charge in [0.05, 0.1) is 5.00 Å². The highest BCUT2D eigenvalue weighted by Gasteiger charge is 2.20. The molecule has 2 N–H and O–H groups in total. The molecule has 0 spiro atoms. The molecule has 3 heterocycles. The number of benzene rings is 1. The first-order valence-corrected chi connectivity index (χ1v) is 11.4. The fraction of sp³-hybridized carbons (Fsp3) is 0.391. The Morgan fingerprint density at radius 1 is 1.19 bits per heavy atom. The van der Waals surface area contributed by atoms with Crippen LogP contribution in [-0.2, 0) is 13.1 Å². The average Bonchev–Trinajstić information content (AvgIpc) is 3.44. The monoisotopic (exact) mass is 550 g/mol. The second kappa shape index (κ2) is 11.5. The lowest BCUT2D eigenvalue weighted by Gasteiger charge is -2.33. The van der Waals surface area contributed by atoms with Crippen molar-refractivity contribution in [3.63, 3.8) is 0 Å². The lowest BCUT2D eigenvalue weighted by molar-refractivity contribution is 0.463. The van der Waals surface area contributed by atoms with E-state index in [4.69, 9.17) is 0 Å². The summed E-state index contributed by atoms with van der Waals surface area (Å²) in [6, 6.07) is 13.5. The maximum absolute atomic E-state index is 4.43. The first-order chi connectivity index (χ1) is 14.7. The van der Waals surface area contributed by atoms with Gasteiger partial charge in [0.1, 0.15) is 5.82 Å². The van der Waals surface area contributed by atoms with Crippen LogP contribution in [0.15, 0.2) is 59.2 Å². The van der Waals surface area contributed by atoms with E-state index in [0.717, 1.165) is 50.8 Å². The van der Waals surface area contributed by atoms with E-state index in [1.807, 2.05) is 37.7 Å². The molecule has 1 aliphatic heterocycles. The molecule has 8 heteroatoms. The van der Waals surface area contributed by atoms with Gasteiger partial charge in [0, 0.05) is 51.7 Å². The van der Waals surface area contributed by atoms with E-state index in [1.165, 1.54) is 16.1 Å². The number of guanidine groups is 1. The zero-order valence-corrected chi connectivity index (χ0v) is 21.3. The molecule has 1 fully saturated rings. The molecule has 166 valence electrons. The molecule has 6 nitrogen and oxygen atoms in total. The number of aliphatic imine (C=N–C) groups is 1. The molecule has 1 aromatic carbocycles. The summed E-state index contributed by atoms with van der Waals surface area (Å²) in [7, 11) is 1.84. The van der Waals surface area contributed by atoms with E-state index in [2.05, 4.69) is 71.9 Å². The lowest BCUT2D eigenvalue weighted by atomic mass is 10.1. The van der Waals surface area contributed by atoms with Crippen LogP contribution in [0.2, 0.25) is 0 Å². The molecule has 0 unspecified atom stereocenters. The van der Waals surface area contributed by atoms with Crippen LogP contribution in [0.1, 0.15) is 29.8 Å². The summed E-state index contributed by atoms with van der Waals surface area (Å²) in [5, 5.41) is 10.6. The summed E-state index contributed by atoms with van der Waals surface area (Å²) in [4.78, 5) is 11.2. The number of aryl methyl sites for hydroxylation is 1. The van der Waals surface area contributed by atoms with Gasteiger partial charge < -0.3 is 20.1 Å². The van der Waals surface area contributed by atoms with Crippen molar-refractivity contribution in [2.45, 2.75) is 38.9 Å². The normalized spacial score (nSPS) is 14.9. The first kappa shape index (κ1) is 23.6. The number of nitrogens with zero attached hydrogens (tertiary/aromatic N) is 4. The topological polar surface area (TPSA) is 57.5 Å². The van der Waals surface area contributed by atoms with E-state index < -0.39 is 0 Å². The van der Waals surface area contributed by atoms with Crippen LogP contribution >= 0.6 is 35.3 Å². The number of hydrogen-bond donors (Lipinski definition) is 2. The van der Waals surface area contributed by atoms with E-state index >= 15 is 0 Å². The summed E-state index contributed by atoms with van der Waals surface area (Å²) < 4.78 is 2.16. The highest BCUT2D eigenvalue weighted by molar-refractivity contribution is 14.0. The summed E-state index contributed by atoms with van der Waals surface area (Å²) in [6.45, 7) is 5.81. The maximum Gasteiger partial charge on any atom is 0.191 e. The van der Waals surface area contributed by atoms with Crippen LogP contribution < -0.4 is 15.5 Å². The minimum atomic E-state index is 0. The van der Waals surface area contributed by atoms with Crippen LogP contribution in [0.3, 0.4) is 0 Å². The Morgan fingerprint density at radius 2 is 2.00 bits per heavy atom. The second-order valence-electron chi connectivity index (χ2n) is 7.71. The molecular weight excluding hydrogens is 519 g/mol. The van der Waals surface area contributed by atoms with Gasteiger partial charge >= 0.3 is 0 Å². The van der Waals surface area contributed by atoms with Gasteiger partial charge in [-0.15, -0.1) is 35.3 Å². The SMILES string of the molecule is CN=C(NCc1cccc(Cn2ccnc2C)c1)NC1CCN(c2cccs2)CC1.I. The highest BCUT2D eigenvalue weighted by atomic mass is 127. The van der Waals surface area contributed by atoms with Crippen molar-refractivity contribution in [2.24, 2.45) is 4.99 Å². The molecule has 31 heavy (non-hydrogen) atoms. The molecule has 0 amide bonds. The van der Waals surface area contributed by atoms with Crippen molar-refractivity contribution in [1.29, 1.82) is 0 Å². The van der Waals surface area contributed by atoms with Gasteiger partial charge in [-0.05, 0) is 48.4 Å². The Kier molecular flexibility index (Phi) is 8.77. The van der Waals surface area contributed by atoms with Crippen LogP contribution in [0.5, 0.6) is 0 Å². The maximum atomic E-state index is 4.43. The van der Waals surface area contributed by atoms with Gasteiger partial charge in [-0.1, -0.05) is 24.3 Å². The summed E-state index contributed by atoms with van der Waals surface area (Å²) in [6.07, 6.45) is 6.12. The number of halogens is 1. The van der Waals surface area contributed by atoms with Crippen molar-refractivity contribution in [3.05, 3.63) is 71.1 Å². The number of nitrogens with one attached hydrogen (secondary N) is 2. The smallest absolute Gasteiger partial charge is 0.191 e. The molecule has 0 bridgehead atoms. The zero-order valence-electron chi connectivity index (χ0n) is 18.1. The number of anilines is 1. The largest absolute Gasteiger partial charge is 0.363 e. The number of piperidine rings is 1. The standard InChI is InChI=1S/C23H30N6S.HI/c1-18-25-10-13-29(18)17-20-6-3-5-19(15-20)16-26-23(24-2)27-21-8-11-28(12-9-21)22-7-4-14-30-22;/h3-7,10,13-15,21H,8-9,11-12,16-17H2,1-2H3,(H2,24,26,27);1H. The quantitative estimate of drug-likeness (QED) is 0.274. The van der Waals surface area contributed by atoms with Crippen molar-refractivity contribution >= 4 is 46.3 Å². The van der Waals surface area contributed by atoms with Crippen molar-refractivity contribution in [2.75, 3.05) is 25.0 Å². The van der Waals surface area contributed by atoms with Gasteiger partial charge in [0.25, 0.3) is 0 Å². The van der Waals surface area contributed by atoms with Crippen LogP contribution in [0, 0.1) is 6.92 Å². The van der Waals surface area contributed by atoms with Gasteiger partial charge in [-0.3, -0.25) is 4.99 Å². The number of aromatic nitrogens is 2. The van der Waals surface area contributed by atoms with Gasteiger partial charge in [-0.25, -0.2) is 4.98 Å². The third-order valence-corrected chi connectivity index (χ3v) is 6.53. The van der Waals surface area contributed by atoms with Gasteiger partial charge in [0.2, 0.25) is 0 Å². The van der Waals surface area contributed by atoms with Crippen LogP contribution in [0.25, 0.3) is 0 Å². The number of imidazole rings is 1. The Morgan fingerprint density at radius 3 is 2.68 bits per heavy atom. The van der Waals surface area contributed by atoms with E-state index in [1.54, 1.807) is 0 Å². The molecule has 0 atom stereocenters. The molecule has 2 aromatic heterocycles. The predicted octanol–water partition coefficient (Wildman–Crippen LogP) is 4.25. The summed E-state index contributed by atoms with van der Waals surface area (Å²) in [5.74, 6) is 1.91. The van der Waals surface area contributed by atoms with Gasteiger partial charge in [0.15, 0.2) is 5.96 Å². The third kappa shape index (κ3) is 6.46. The highest BCUT2D eigenvalue weighted by Crippen LogP contribution is 2.24. The fourth-order valence-electron chi connectivity index (χ4n) is 3.87. The molecular formula is C23H31IN6S. The molecule has 0 saturated carbocycles. The molecule has 3 aromatic rings.